The summed E-state index contributed by atoms with van der Waals surface area (Å²) in [5.41, 5.74) is 2.09. The van der Waals surface area contributed by atoms with E-state index in [0.717, 1.165) is 30.8 Å². The van der Waals surface area contributed by atoms with E-state index in [9.17, 15) is 0 Å². The number of halogens is 1. The summed E-state index contributed by atoms with van der Waals surface area (Å²) in [6, 6.07) is 11.4. The normalized spacial score (nSPS) is 10.6. The van der Waals surface area contributed by atoms with E-state index in [1.54, 1.807) is 6.07 Å². The minimum absolute atomic E-state index is 0.575. The van der Waals surface area contributed by atoms with Crippen molar-refractivity contribution in [2.24, 2.45) is 0 Å². The van der Waals surface area contributed by atoms with Gasteiger partial charge >= 0.3 is 0 Å². The van der Waals surface area contributed by atoms with Gasteiger partial charge in [-0.05, 0) is 43.7 Å². The molecule has 0 bridgehead atoms. The first kappa shape index (κ1) is 14.8. The van der Waals surface area contributed by atoms with E-state index in [2.05, 4.69) is 23.3 Å². The number of aromatic nitrogens is 1. The average Bonchev–Trinajstić information content (AvgIpc) is 2.41. The van der Waals surface area contributed by atoms with Gasteiger partial charge < -0.3 is 10.1 Å². The van der Waals surface area contributed by atoms with Crippen LogP contribution in [0.3, 0.4) is 0 Å². The summed E-state index contributed by atoms with van der Waals surface area (Å²) in [5.74, 6) is 1.20. The van der Waals surface area contributed by atoms with Crippen molar-refractivity contribution in [1.29, 1.82) is 0 Å². The van der Waals surface area contributed by atoms with Crippen molar-refractivity contribution in [2.45, 2.75) is 26.8 Å². The Hall–Kier alpha value is -1.58. The van der Waals surface area contributed by atoms with Gasteiger partial charge in [0.05, 0.1) is 5.02 Å². The van der Waals surface area contributed by atoms with E-state index in [0.29, 0.717) is 16.7 Å². The quantitative estimate of drug-likeness (QED) is 0.804. The van der Waals surface area contributed by atoms with Crippen LogP contribution in [0.25, 0.3) is 0 Å². The Kier molecular flexibility index (Phi) is 5.39. The van der Waals surface area contributed by atoms with Crippen LogP contribution in [0, 0.1) is 6.92 Å². The fourth-order valence-electron chi connectivity index (χ4n) is 1.91. The highest BCUT2D eigenvalue weighted by Gasteiger charge is 2.05. The van der Waals surface area contributed by atoms with Crippen LogP contribution in [-0.4, -0.2) is 11.5 Å². The molecule has 0 amide bonds. The lowest BCUT2D eigenvalue weighted by Gasteiger charge is -2.10. The van der Waals surface area contributed by atoms with Crippen LogP contribution in [0.1, 0.15) is 24.6 Å². The Labute approximate surface area is 124 Å². The SMILES string of the molecule is CCCNCc1cc(C)nc(Oc2ccccc2Cl)c1. The second-order valence-electron chi connectivity index (χ2n) is 4.66. The van der Waals surface area contributed by atoms with E-state index in [1.165, 1.54) is 0 Å². The second kappa shape index (κ2) is 7.27. The Morgan fingerprint density at radius 3 is 2.80 bits per heavy atom. The van der Waals surface area contributed by atoms with Gasteiger partial charge in [0.15, 0.2) is 0 Å². The van der Waals surface area contributed by atoms with E-state index in [1.807, 2.05) is 31.2 Å². The summed E-state index contributed by atoms with van der Waals surface area (Å²) in [4.78, 5) is 4.39. The van der Waals surface area contributed by atoms with Crippen LogP contribution in [0.15, 0.2) is 36.4 Å². The topological polar surface area (TPSA) is 34.2 Å². The highest BCUT2D eigenvalue weighted by atomic mass is 35.5. The van der Waals surface area contributed by atoms with Gasteiger partial charge in [-0.25, -0.2) is 4.98 Å². The Bertz CT molecular complexity index is 572. The van der Waals surface area contributed by atoms with E-state index in [-0.39, 0.29) is 0 Å². The first-order valence-electron chi connectivity index (χ1n) is 6.79. The molecule has 106 valence electrons. The number of para-hydroxylation sites is 1. The van der Waals surface area contributed by atoms with Crippen molar-refractivity contribution in [3.05, 3.63) is 52.7 Å². The molecule has 1 aromatic carbocycles. The molecule has 0 saturated heterocycles. The highest BCUT2D eigenvalue weighted by molar-refractivity contribution is 6.32. The van der Waals surface area contributed by atoms with Gasteiger partial charge in [-0.15, -0.1) is 0 Å². The number of pyridine rings is 1. The molecular formula is C16H19ClN2O. The third-order valence-corrected chi connectivity index (χ3v) is 3.11. The molecule has 0 aliphatic heterocycles. The fourth-order valence-corrected chi connectivity index (χ4v) is 2.09. The van der Waals surface area contributed by atoms with Gasteiger partial charge in [0.2, 0.25) is 5.88 Å². The standard InChI is InChI=1S/C16H19ClN2O/c1-3-8-18-11-13-9-12(2)19-16(10-13)20-15-7-5-4-6-14(15)17/h4-7,9-10,18H,3,8,11H2,1-2H3. The smallest absolute Gasteiger partial charge is 0.219 e. The minimum atomic E-state index is 0.575. The van der Waals surface area contributed by atoms with Gasteiger partial charge in [-0.3, -0.25) is 0 Å². The third-order valence-electron chi connectivity index (χ3n) is 2.80. The van der Waals surface area contributed by atoms with Gasteiger partial charge in [0.1, 0.15) is 5.75 Å². The van der Waals surface area contributed by atoms with Crippen molar-refractivity contribution >= 4 is 11.6 Å². The number of hydrogen-bond donors (Lipinski definition) is 1. The maximum absolute atomic E-state index is 6.09. The molecule has 1 heterocycles. The lowest BCUT2D eigenvalue weighted by molar-refractivity contribution is 0.460. The van der Waals surface area contributed by atoms with E-state index < -0.39 is 0 Å². The predicted octanol–water partition coefficient (Wildman–Crippen LogP) is 4.34. The van der Waals surface area contributed by atoms with E-state index >= 15 is 0 Å². The van der Waals surface area contributed by atoms with E-state index in [4.69, 9.17) is 16.3 Å². The van der Waals surface area contributed by atoms with Gasteiger partial charge in [-0.2, -0.15) is 0 Å². The number of aryl methyl sites for hydroxylation is 1. The van der Waals surface area contributed by atoms with Crippen LogP contribution in [0.4, 0.5) is 0 Å². The Morgan fingerprint density at radius 2 is 2.05 bits per heavy atom. The lowest BCUT2D eigenvalue weighted by Crippen LogP contribution is -2.14. The van der Waals surface area contributed by atoms with Crippen molar-refractivity contribution < 1.29 is 4.74 Å². The van der Waals surface area contributed by atoms with Crippen LogP contribution in [0.5, 0.6) is 11.6 Å². The Morgan fingerprint density at radius 1 is 1.25 bits per heavy atom. The van der Waals surface area contributed by atoms with Crippen LogP contribution >= 0.6 is 11.6 Å². The number of nitrogens with zero attached hydrogens (tertiary/aromatic N) is 1. The molecule has 0 fully saturated rings. The zero-order valence-corrected chi connectivity index (χ0v) is 12.6. The summed E-state index contributed by atoms with van der Waals surface area (Å²) >= 11 is 6.09. The monoisotopic (exact) mass is 290 g/mol. The average molecular weight is 291 g/mol. The summed E-state index contributed by atoms with van der Waals surface area (Å²) in [6.07, 6.45) is 1.12. The molecule has 20 heavy (non-hydrogen) atoms. The molecule has 4 heteroatoms. The minimum Gasteiger partial charge on any atom is -0.437 e. The molecule has 0 aliphatic rings. The third kappa shape index (κ3) is 4.22. The second-order valence-corrected chi connectivity index (χ2v) is 5.07. The van der Waals surface area contributed by atoms with Gasteiger partial charge in [0, 0.05) is 18.3 Å². The highest BCUT2D eigenvalue weighted by Crippen LogP contribution is 2.28. The first-order valence-corrected chi connectivity index (χ1v) is 7.17. The number of rotatable bonds is 6. The number of ether oxygens (including phenoxy) is 1. The molecule has 0 atom stereocenters. The summed E-state index contributed by atoms with van der Waals surface area (Å²) in [5, 5.41) is 3.96. The predicted molar refractivity (Wildman–Crippen MR) is 82.5 cm³/mol. The molecule has 0 unspecified atom stereocenters. The van der Waals surface area contributed by atoms with Crippen molar-refractivity contribution in [1.82, 2.24) is 10.3 Å². The Balaban J connectivity index is 2.13. The molecule has 2 aromatic rings. The molecule has 3 nitrogen and oxygen atoms in total. The molecular weight excluding hydrogens is 272 g/mol. The number of nitrogens with one attached hydrogen (secondary N) is 1. The molecule has 0 spiro atoms. The molecule has 1 N–H and O–H groups in total. The summed E-state index contributed by atoms with van der Waals surface area (Å²) in [7, 11) is 0. The first-order chi connectivity index (χ1) is 9.69. The van der Waals surface area contributed by atoms with Gasteiger partial charge in [0.25, 0.3) is 0 Å². The van der Waals surface area contributed by atoms with Crippen molar-refractivity contribution in [3.8, 4) is 11.6 Å². The zero-order chi connectivity index (χ0) is 14.4. The number of benzene rings is 1. The van der Waals surface area contributed by atoms with Gasteiger partial charge in [-0.1, -0.05) is 30.7 Å². The summed E-state index contributed by atoms with van der Waals surface area (Å²) < 4.78 is 5.77. The van der Waals surface area contributed by atoms with Crippen molar-refractivity contribution in [3.63, 3.8) is 0 Å². The molecule has 2 rings (SSSR count). The molecule has 0 radical (unpaired) electrons. The maximum atomic E-state index is 6.09. The lowest BCUT2D eigenvalue weighted by atomic mass is 10.2. The van der Waals surface area contributed by atoms with Crippen LogP contribution in [0.2, 0.25) is 5.02 Å². The largest absolute Gasteiger partial charge is 0.437 e. The van der Waals surface area contributed by atoms with Crippen molar-refractivity contribution in [2.75, 3.05) is 6.54 Å². The summed E-state index contributed by atoms with van der Waals surface area (Å²) in [6.45, 7) is 5.93. The van der Waals surface area contributed by atoms with Crippen LogP contribution in [-0.2, 0) is 6.54 Å². The molecule has 0 saturated carbocycles. The fraction of sp³-hybridized carbons (Fsp3) is 0.312. The zero-order valence-electron chi connectivity index (χ0n) is 11.8. The molecule has 0 aliphatic carbocycles. The van der Waals surface area contributed by atoms with Crippen LogP contribution < -0.4 is 10.1 Å². The molecule has 1 aromatic heterocycles. The number of hydrogen-bond acceptors (Lipinski definition) is 3. The maximum Gasteiger partial charge on any atom is 0.219 e.